The van der Waals surface area contributed by atoms with Crippen molar-refractivity contribution < 1.29 is 32.6 Å². The van der Waals surface area contributed by atoms with Gasteiger partial charge < -0.3 is 24.0 Å². The summed E-state index contributed by atoms with van der Waals surface area (Å²) in [5.41, 5.74) is 0.677. The zero-order valence-corrected chi connectivity index (χ0v) is 16.0. The summed E-state index contributed by atoms with van der Waals surface area (Å²) in [7, 11) is 0. The predicted molar refractivity (Wildman–Crippen MR) is 103 cm³/mol. The second kappa shape index (κ2) is 8.66. The standard InChI is InChI=1S/C21H20F2N2O5/c22-21(23)29-15-5-3-4-14(12-15)19(26)25-13-18(20(27)24-8-10-28-11-9-24)30-17-7-2-1-6-16(17)25/h1-7,12,18,21H,8-11,13H2/t18-/m0/s1. The van der Waals surface area contributed by atoms with Crippen molar-refractivity contribution in [2.45, 2.75) is 12.7 Å². The van der Waals surface area contributed by atoms with Gasteiger partial charge in [-0.05, 0) is 30.3 Å². The lowest BCUT2D eigenvalue weighted by Gasteiger charge is -2.37. The van der Waals surface area contributed by atoms with Crippen LogP contribution in [0.2, 0.25) is 0 Å². The van der Waals surface area contributed by atoms with Gasteiger partial charge in [-0.25, -0.2) is 0 Å². The molecule has 0 spiro atoms. The van der Waals surface area contributed by atoms with Gasteiger partial charge in [-0.3, -0.25) is 9.59 Å². The molecule has 0 aliphatic carbocycles. The van der Waals surface area contributed by atoms with Crippen molar-refractivity contribution in [1.29, 1.82) is 0 Å². The fourth-order valence-electron chi connectivity index (χ4n) is 3.50. The SMILES string of the molecule is O=C([C@@H]1CN(C(=O)c2cccc(OC(F)F)c2)c2ccccc2O1)N1CCOCC1. The summed E-state index contributed by atoms with van der Waals surface area (Å²) >= 11 is 0. The second-order valence-electron chi connectivity index (χ2n) is 6.83. The zero-order valence-electron chi connectivity index (χ0n) is 16.0. The van der Waals surface area contributed by atoms with Crippen LogP contribution in [0.5, 0.6) is 11.5 Å². The molecule has 9 heteroatoms. The summed E-state index contributed by atoms with van der Waals surface area (Å²) in [5, 5.41) is 0. The molecule has 2 aromatic carbocycles. The fraction of sp³-hybridized carbons (Fsp3) is 0.333. The molecule has 2 aliphatic heterocycles. The van der Waals surface area contributed by atoms with Crippen LogP contribution in [0, 0.1) is 0 Å². The Balaban J connectivity index is 1.61. The highest BCUT2D eigenvalue weighted by Gasteiger charge is 2.36. The third-order valence-electron chi connectivity index (χ3n) is 4.92. The van der Waals surface area contributed by atoms with E-state index < -0.39 is 18.6 Å². The van der Waals surface area contributed by atoms with Gasteiger partial charge in [0.25, 0.3) is 11.8 Å². The Bertz CT molecular complexity index is 933. The molecule has 30 heavy (non-hydrogen) atoms. The van der Waals surface area contributed by atoms with Crippen LogP contribution in [-0.2, 0) is 9.53 Å². The van der Waals surface area contributed by atoms with Gasteiger partial charge in [0.15, 0.2) is 6.10 Å². The molecule has 0 unspecified atom stereocenters. The Morgan fingerprint density at radius 2 is 1.83 bits per heavy atom. The summed E-state index contributed by atoms with van der Waals surface area (Å²) in [6.07, 6.45) is -0.873. The van der Waals surface area contributed by atoms with Crippen molar-refractivity contribution in [2.24, 2.45) is 0 Å². The van der Waals surface area contributed by atoms with Crippen LogP contribution in [-0.4, -0.2) is 62.3 Å². The maximum absolute atomic E-state index is 13.2. The first kappa shape index (κ1) is 20.1. The number of fused-ring (bicyclic) bond motifs is 1. The molecule has 0 radical (unpaired) electrons. The first-order valence-corrected chi connectivity index (χ1v) is 9.52. The molecule has 0 saturated carbocycles. The minimum atomic E-state index is -2.99. The van der Waals surface area contributed by atoms with Gasteiger partial charge in [-0.2, -0.15) is 8.78 Å². The third-order valence-corrected chi connectivity index (χ3v) is 4.92. The topological polar surface area (TPSA) is 68.3 Å². The Labute approximate surface area is 171 Å². The molecule has 1 saturated heterocycles. The Kier molecular flexibility index (Phi) is 5.80. The molecule has 2 aliphatic rings. The zero-order chi connectivity index (χ0) is 21.1. The Hall–Kier alpha value is -3.20. The highest BCUT2D eigenvalue weighted by molar-refractivity contribution is 6.08. The highest BCUT2D eigenvalue weighted by Crippen LogP contribution is 2.35. The lowest BCUT2D eigenvalue weighted by atomic mass is 10.1. The molecular weight excluding hydrogens is 398 g/mol. The largest absolute Gasteiger partial charge is 0.476 e. The van der Waals surface area contributed by atoms with Crippen molar-refractivity contribution in [3.05, 3.63) is 54.1 Å². The number of para-hydroxylation sites is 2. The van der Waals surface area contributed by atoms with Crippen molar-refractivity contribution >= 4 is 17.5 Å². The first-order chi connectivity index (χ1) is 14.5. The third kappa shape index (κ3) is 4.20. The van der Waals surface area contributed by atoms with Crippen molar-refractivity contribution in [2.75, 3.05) is 37.7 Å². The van der Waals surface area contributed by atoms with E-state index >= 15 is 0 Å². The Morgan fingerprint density at radius 3 is 2.60 bits per heavy atom. The first-order valence-electron chi connectivity index (χ1n) is 9.52. The number of benzene rings is 2. The van der Waals surface area contributed by atoms with Gasteiger partial charge in [0.05, 0.1) is 25.4 Å². The van der Waals surface area contributed by atoms with Gasteiger partial charge in [0.2, 0.25) is 0 Å². The number of hydrogen-bond donors (Lipinski definition) is 0. The lowest BCUT2D eigenvalue weighted by Crippen LogP contribution is -2.54. The van der Waals surface area contributed by atoms with Crippen molar-refractivity contribution in [3.8, 4) is 11.5 Å². The van der Waals surface area contributed by atoms with E-state index in [1.165, 1.54) is 29.2 Å². The number of ether oxygens (including phenoxy) is 3. The number of alkyl halides is 2. The molecule has 2 aromatic rings. The van der Waals surface area contributed by atoms with Crippen LogP contribution in [0.3, 0.4) is 0 Å². The molecule has 7 nitrogen and oxygen atoms in total. The van der Waals surface area contributed by atoms with Crippen molar-refractivity contribution in [3.63, 3.8) is 0 Å². The molecule has 0 bridgehead atoms. The van der Waals surface area contributed by atoms with Gasteiger partial charge in [-0.15, -0.1) is 0 Å². The van der Waals surface area contributed by atoms with E-state index in [9.17, 15) is 18.4 Å². The molecule has 0 aromatic heterocycles. The van der Waals surface area contributed by atoms with Gasteiger partial charge in [0, 0.05) is 18.7 Å². The van der Waals surface area contributed by atoms with Gasteiger partial charge in [0.1, 0.15) is 11.5 Å². The Morgan fingerprint density at radius 1 is 1.07 bits per heavy atom. The summed E-state index contributed by atoms with van der Waals surface area (Å²) in [4.78, 5) is 29.3. The van der Waals surface area contributed by atoms with Crippen LogP contribution in [0.4, 0.5) is 14.5 Å². The van der Waals surface area contributed by atoms with E-state index in [0.29, 0.717) is 37.7 Å². The van der Waals surface area contributed by atoms with E-state index in [4.69, 9.17) is 9.47 Å². The normalized spacial score (nSPS) is 18.6. The average Bonchev–Trinajstić information content (AvgIpc) is 2.77. The number of anilines is 1. The minimum Gasteiger partial charge on any atom is -0.476 e. The smallest absolute Gasteiger partial charge is 0.387 e. The maximum Gasteiger partial charge on any atom is 0.387 e. The number of hydrogen-bond acceptors (Lipinski definition) is 5. The summed E-state index contributed by atoms with van der Waals surface area (Å²) in [6.45, 7) is -1.16. The van der Waals surface area contributed by atoms with Gasteiger partial charge >= 0.3 is 6.61 Å². The molecule has 1 atom stereocenters. The predicted octanol–water partition coefficient (Wildman–Crippen LogP) is 2.55. The van der Waals surface area contributed by atoms with E-state index in [1.54, 1.807) is 29.2 Å². The second-order valence-corrected chi connectivity index (χ2v) is 6.83. The van der Waals surface area contributed by atoms with Crippen LogP contribution in [0.25, 0.3) is 0 Å². The van der Waals surface area contributed by atoms with Gasteiger partial charge in [-0.1, -0.05) is 18.2 Å². The molecule has 4 rings (SSSR count). The van der Waals surface area contributed by atoms with E-state index in [-0.39, 0.29) is 23.8 Å². The summed E-state index contributed by atoms with van der Waals surface area (Å²) in [5.74, 6) is -0.368. The number of halogens is 2. The molecular formula is C21H20F2N2O5. The van der Waals surface area contributed by atoms with Crippen molar-refractivity contribution in [1.82, 2.24) is 4.90 Å². The van der Waals surface area contributed by atoms with E-state index in [2.05, 4.69) is 4.74 Å². The summed E-state index contributed by atoms with van der Waals surface area (Å²) in [6, 6.07) is 12.5. The number of carbonyl (C=O) groups is 2. The molecule has 2 amide bonds. The summed E-state index contributed by atoms with van der Waals surface area (Å²) < 4.78 is 40.6. The molecule has 1 fully saturated rings. The number of carbonyl (C=O) groups excluding carboxylic acids is 2. The fourth-order valence-corrected chi connectivity index (χ4v) is 3.50. The molecule has 158 valence electrons. The maximum atomic E-state index is 13.2. The van der Waals surface area contributed by atoms with Crippen LogP contribution < -0.4 is 14.4 Å². The van der Waals surface area contributed by atoms with Crippen LogP contribution in [0.15, 0.2) is 48.5 Å². The van der Waals surface area contributed by atoms with Crippen LogP contribution >= 0.6 is 0 Å². The monoisotopic (exact) mass is 418 g/mol. The highest BCUT2D eigenvalue weighted by atomic mass is 19.3. The quantitative estimate of drug-likeness (QED) is 0.764. The number of morpholine rings is 1. The van der Waals surface area contributed by atoms with E-state index in [1.807, 2.05) is 0 Å². The number of rotatable bonds is 4. The van der Waals surface area contributed by atoms with Crippen LogP contribution in [0.1, 0.15) is 10.4 Å². The minimum absolute atomic E-state index is 0.00592. The number of nitrogens with zero attached hydrogens (tertiary/aromatic N) is 2. The number of amides is 2. The average molecular weight is 418 g/mol. The molecule has 0 N–H and O–H groups in total. The van der Waals surface area contributed by atoms with E-state index in [0.717, 1.165) is 0 Å². The lowest BCUT2D eigenvalue weighted by molar-refractivity contribution is -0.142. The molecule has 2 heterocycles.